The molecule has 0 saturated carbocycles. The zero-order valence-electron chi connectivity index (χ0n) is 15.1. The van der Waals surface area contributed by atoms with Gasteiger partial charge in [0.25, 0.3) is 5.91 Å². The monoisotopic (exact) mass is 442 g/mol. The summed E-state index contributed by atoms with van der Waals surface area (Å²) in [7, 11) is 0. The Kier molecular flexibility index (Phi) is 5.52. The molecule has 1 saturated heterocycles. The number of halogens is 1. The van der Waals surface area contributed by atoms with Crippen LogP contribution in [-0.4, -0.2) is 47.2 Å². The summed E-state index contributed by atoms with van der Waals surface area (Å²) in [5.41, 5.74) is 2.55. The highest BCUT2D eigenvalue weighted by Gasteiger charge is 2.13. The van der Waals surface area contributed by atoms with Gasteiger partial charge in [-0.05, 0) is 35.9 Å². The number of aromatic nitrogens is 1. The van der Waals surface area contributed by atoms with Gasteiger partial charge >= 0.3 is 0 Å². The Hall–Kier alpha value is -2.55. The number of benzene rings is 2. The minimum Gasteiger partial charge on any atom is -0.493 e. The third-order valence-corrected chi connectivity index (χ3v) is 5.16. The van der Waals surface area contributed by atoms with Gasteiger partial charge in [0.2, 0.25) is 5.88 Å². The minimum absolute atomic E-state index is 0.120. The number of nitrogens with one attached hydrogen (secondary N) is 1. The molecule has 144 valence electrons. The van der Waals surface area contributed by atoms with Gasteiger partial charge in [0, 0.05) is 35.1 Å². The van der Waals surface area contributed by atoms with Crippen molar-refractivity contribution in [3.63, 3.8) is 0 Å². The first-order valence-electron chi connectivity index (χ1n) is 8.95. The largest absolute Gasteiger partial charge is 0.493 e. The van der Waals surface area contributed by atoms with E-state index in [2.05, 4.69) is 36.0 Å². The molecular formula is C20H19BrN4O3. The van der Waals surface area contributed by atoms with E-state index in [1.807, 2.05) is 30.3 Å². The number of azo groups is 1. The van der Waals surface area contributed by atoms with Gasteiger partial charge in [0.1, 0.15) is 0 Å². The van der Waals surface area contributed by atoms with Crippen molar-refractivity contribution in [2.24, 2.45) is 10.2 Å². The molecule has 4 rings (SSSR count). The first-order chi connectivity index (χ1) is 13.6. The van der Waals surface area contributed by atoms with Crippen molar-refractivity contribution in [3.05, 3.63) is 58.1 Å². The number of carbonyl (C=O) groups is 1. The molecule has 0 spiro atoms. The molecule has 1 aliphatic rings. The Morgan fingerprint density at radius 2 is 1.93 bits per heavy atom. The predicted molar refractivity (Wildman–Crippen MR) is 109 cm³/mol. The molecule has 8 heteroatoms. The molecule has 0 radical (unpaired) electrons. The van der Waals surface area contributed by atoms with E-state index in [9.17, 15) is 9.90 Å². The topological polar surface area (TPSA) is 90.3 Å². The van der Waals surface area contributed by atoms with E-state index in [1.165, 1.54) is 0 Å². The van der Waals surface area contributed by atoms with Crippen LogP contribution in [0.3, 0.4) is 0 Å². The van der Waals surface area contributed by atoms with Crippen molar-refractivity contribution in [1.29, 1.82) is 0 Å². The zero-order valence-corrected chi connectivity index (χ0v) is 16.6. The number of carbonyl (C=O) groups excluding carboxylic acids is 1. The van der Waals surface area contributed by atoms with Crippen molar-refractivity contribution in [2.45, 2.75) is 6.54 Å². The van der Waals surface area contributed by atoms with Crippen molar-refractivity contribution in [1.82, 2.24) is 9.88 Å². The molecule has 2 N–H and O–H groups in total. The van der Waals surface area contributed by atoms with Crippen molar-refractivity contribution < 1.29 is 14.6 Å². The third kappa shape index (κ3) is 4.14. The number of rotatable bonds is 4. The van der Waals surface area contributed by atoms with Crippen molar-refractivity contribution in [2.75, 3.05) is 26.3 Å². The van der Waals surface area contributed by atoms with Gasteiger partial charge in [-0.15, -0.1) is 10.2 Å². The predicted octanol–water partition coefficient (Wildman–Crippen LogP) is 4.39. The number of aromatic hydroxyl groups is 1. The second-order valence-corrected chi connectivity index (χ2v) is 7.52. The normalized spacial score (nSPS) is 15.5. The van der Waals surface area contributed by atoms with Crippen LogP contribution >= 0.6 is 15.9 Å². The Labute approximate surface area is 170 Å². The van der Waals surface area contributed by atoms with Crippen LogP contribution in [0.1, 0.15) is 15.9 Å². The Morgan fingerprint density at radius 3 is 2.68 bits per heavy atom. The van der Waals surface area contributed by atoms with Crippen LogP contribution in [-0.2, 0) is 11.3 Å². The number of hydrogen-bond donors (Lipinski definition) is 2. The average molecular weight is 443 g/mol. The smallest absolute Gasteiger partial charge is 0.295 e. The van der Waals surface area contributed by atoms with Crippen LogP contribution < -0.4 is 0 Å². The number of nitrogens with zero attached hydrogens (tertiary/aromatic N) is 3. The molecule has 0 unspecified atom stereocenters. The summed E-state index contributed by atoms with van der Waals surface area (Å²) in [5.74, 6) is -0.577. The number of hydrogen-bond acceptors (Lipinski definition) is 5. The summed E-state index contributed by atoms with van der Waals surface area (Å²) in [4.78, 5) is 17.5. The highest BCUT2D eigenvalue weighted by molar-refractivity contribution is 9.10. The maximum absolute atomic E-state index is 12.4. The van der Waals surface area contributed by atoms with E-state index < -0.39 is 5.91 Å². The second-order valence-electron chi connectivity index (χ2n) is 6.60. The zero-order chi connectivity index (χ0) is 19.5. The van der Waals surface area contributed by atoms with Crippen LogP contribution in [0.15, 0.2) is 57.2 Å². The number of aromatic amines is 1. The first kappa shape index (κ1) is 18.8. The van der Waals surface area contributed by atoms with E-state index in [0.29, 0.717) is 10.9 Å². The van der Waals surface area contributed by atoms with Crippen LogP contribution in [0.5, 0.6) is 5.88 Å². The molecule has 2 aromatic carbocycles. The highest BCUT2D eigenvalue weighted by Crippen LogP contribution is 2.36. The van der Waals surface area contributed by atoms with E-state index in [-0.39, 0.29) is 11.6 Å². The molecule has 0 bridgehead atoms. The fourth-order valence-electron chi connectivity index (χ4n) is 3.16. The summed E-state index contributed by atoms with van der Waals surface area (Å²) < 4.78 is 6.20. The van der Waals surface area contributed by atoms with Gasteiger partial charge in [-0.1, -0.05) is 28.1 Å². The summed E-state index contributed by atoms with van der Waals surface area (Å²) >= 11 is 3.39. The molecule has 0 aliphatic carbocycles. The first-order valence-corrected chi connectivity index (χ1v) is 9.75. The van der Waals surface area contributed by atoms with Gasteiger partial charge in [-0.25, -0.2) is 0 Å². The Balaban J connectivity index is 1.47. The fourth-order valence-corrected chi connectivity index (χ4v) is 3.52. The molecular weight excluding hydrogens is 424 g/mol. The molecule has 1 aliphatic heterocycles. The molecule has 28 heavy (non-hydrogen) atoms. The maximum atomic E-state index is 12.4. The van der Waals surface area contributed by atoms with Crippen LogP contribution in [0, 0.1) is 0 Å². The van der Waals surface area contributed by atoms with Crippen LogP contribution in [0.25, 0.3) is 10.9 Å². The summed E-state index contributed by atoms with van der Waals surface area (Å²) in [6, 6.07) is 12.8. The Morgan fingerprint density at radius 1 is 1.18 bits per heavy atom. The number of fused-ring (bicyclic) bond motifs is 1. The quantitative estimate of drug-likeness (QED) is 0.586. The highest BCUT2D eigenvalue weighted by atomic mass is 79.9. The molecule has 1 aromatic heterocycles. The molecule has 1 fully saturated rings. The lowest BCUT2D eigenvalue weighted by molar-refractivity contribution is 0.0342. The number of H-pyrrole nitrogens is 1. The van der Waals surface area contributed by atoms with Gasteiger partial charge in [0.05, 0.1) is 18.7 Å². The third-order valence-electron chi connectivity index (χ3n) is 4.67. The fraction of sp³-hybridized carbons (Fsp3) is 0.250. The number of amides is 1. The van der Waals surface area contributed by atoms with Crippen LogP contribution in [0.2, 0.25) is 0 Å². The average Bonchev–Trinajstić information content (AvgIpc) is 3.02. The molecule has 0 atom stereocenters. The number of ether oxygens (including phenoxy) is 1. The maximum Gasteiger partial charge on any atom is 0.295 e. The van der Waals surface area contributed by atoms with E-state index in [0.717, 1.165) is 48.4 Å². The lowest BCUT2D eigenvalue weighted by Gasteiger charge is -2.26. The van der Waals surface area contributed by atoms with Crippen LogP contribution in [0.4, 0.5) is 5.69 Å². The van der Waals surface area contributed by atoms with E-state index >= 15 is 0 Å². The Bertz CT molecular complexity index is 1020. The van der Waals surface area contributed by atoms with Crippen molar-refractivity contribution >= 4 is 38.4 Å². The minimum atomic E-state index is -0.457. The number of morpholine rings is 1. The summed E-state index contributed by atoms with van der Waals surface area (Å²) in [5, 5.41) is 18.5. The summed E-state index contributed by atoms with van der Waals surface area (Å²) in [6.07, 6.45) is 0. The second kappa shape index (κ2) is 8.22. The van der Waals surface area contributed by atoms with Gasteiger partial charge in [-0.3, -0.25) is 9.69 Å². The molecule has 7 nitrogen and oxygen atoms in total. The molecule has 2 heterocycles. The van der Waals surface area contributed by atoms with Gasteiger partial charge in [0.15, 0.2) is 5.69 Å². The van der Waals surface area contributed by atoms with E-state index in [4.69, 9.17) is 4.74 Å². The summed E-state index contributed by atoms with van der Waals surface area (Å²) in [6.45, 7) is 4.18. The molecule has 3 aromatic rings. The molecule has 1 amide bonds. The van der Waals surface area contributed by atoms with Crippen molar-refractivity contribution in [3.8, 4) is 5.88 Å². The van der Waals surface area contributed by atoms with Gasteiger partial charge in [-0.2, -0.15) is 0 Å². The lowest BCUT2D eigenvalue weighted by atomic mass is 10.1. The SMILES string of the molecule is O=C(N=Nc1c(O)[nH]c2ccc(Br)cc12)c1ccc(CN2CCOCC2)cc1. The van der Waals surface area contributed by atoms with E-state index in [1.54, 1.807) is 12.1 Å². The lowest BCUT2D eigenvalue weighted by Crippen LogP contribution is -2.35. The standard InChI is InChI=1S/C20H19BrN4O3/c21-15-5-6-17-16(11-15)18(20(27)22-17)23-24-19(26)14-3-1-13(2-4-14)12-25-7-9-28-10-8-25/h1-6,11,22,27H,7-10,12H2. The van der Waals surface area contributed by atoms with Gasteiger partial charge < -0.3 is 14.8 Å².